The van der Waals surface area contributed by atoms with Crippen molar-refractivity contribution in [2.45, 2.75) is 62.9 Å². The third-order valence-electron chi connectivity index (χ3n) is 6.06. The Labute approximate surface area is 235 Å². The minimum atomic E-state index is -1.57. The molecule has 10 N–H and O–H groups in total. The van der Waals surface area contributed by atoms with Crippen LogP contribution < -0.4 is 21.7 Å². The normalized spacial score (nSPS) is 14.5. The fourth-order valence-corrected chi connectivity index (χ4v) is 3.78. The topological polar surface area (TPSA) is 249 Å². The second-order valence-corrected chi connectivity index (χ2v) is 9.47. The fourth-order valence-electron chi connectivity index (χ4n) is 3.78. The molecule has 3 amide bonds. The molecule has 0 fully saturated rings. The molecule has 0 radical (unpaired) electrons. The Morgan fingerprint density at radius 3 is 1.68 bits per heavy atom. The smallest absolute Gasteiger partial charge is 0.326 e. The Morgan fingerprint density at radius 1 is 0.732 bits per heavy atom. The summed E-state index contributed by atoms with van der Waals surface area (Å²) in [6, 6.07) is 5.92. The summed E-state index contributed by atoms with van der Waals surface area (Å²) in [5, 5.41) is 54.5. The Hall–Kier alpha value is -4.69. The quantitative estimate of drug-likeness (QED) is 0.125. The SMILES string of the molecule is CC(O)C(NC(=O)C(N)Cc1ccc(O)cc1)C(=O)NC(Cc1ccc(O)cc1)C(=O)NC(CCC(=O)O)C(=O)O. The average Bonchev–Trinajstić information content (AvgIpc) is 2.90. The van der Waals surface area contributed by atoms with Crippen molar-refractivity contribution in [3.8, 4) is 11.5 Å². The summed E-state index contributed by atoms with van der Waals surface area (Å²) >= 11 is 0. The number of amides is 3. The Bertz CT molecular complexity index is 1220. The van der Waals surface area contributed by atoms with Gasteiger partial charge in [0.2, 0.25) is 17.7 Å². The number of carboxylic acid groups (broad SMARTS) is 2. The zero-order valence-corrected chi connectivity index (χ0v) is 22.2. The maximum Gasteiger partial charge on any atom is 0.326 e. The fraction of sp³-hybridized carbons (Fsp3) is 0.370. The van der Waals surface area contributed by atoms with Gasteiger partial charge in [0.05, 0.1) is 12.1 Å². The van der Waals surface area contributed by atoms with Crippen LogP contribution in [0.1, 0.15) is 30.9 Å². The van der Waals surface area contributed by atoms with E-state index in [0.29, 0.717) is 11.1 Å². The molecule has 5 unspecified atom stereocenters. The van der Waals surface area contributed by atoms with Gasteiger partial charge in [0.25, 0.3) is 0 Å². The molecule has 0 heterocycles. The molecule has 0 saturated heterocycles. The summed E-state index contributed by atoms with van der Waals surface area (Å²) in [5.41, 5.74) is 7.06. The average molecular weight is 575 g/mol. The largest absolute Gasteiger partial charge is 0.508 e. The maximum absolute atomic E-state index is 13.2. The van der Waals surface area contributed by atoms with Gasteiger partial charge in [-0.3, -0.25) is 19.2 Å². The van der Waals surface area contributed by atoms with Crippen molar-refractivity contribution >= 4 is 29.7 Å². The van der Waals surface area contributed by atoms with Crippen molar-refractivity contribution < 1.29 is 49.5 Å². The first-order chi connectivity index (χ1) is 19.3. The first-order valence-electron chi connectivity index (χ1n) is 12.6. The number of carbonyl (C=O) groups is 5. The number of carboxylic acids is 2. The highest BCUT2D eigenvalue weighted by Gasteiger charge is 2.32. The standard InChI is InChI=1S/C27H34N4O10/c1-14(32)23(31-24(37)19(28)12-15-2-6-17(33)7-3-15)26(39)30-21(13-16-4-8-18(34)9-5-16)25(38)29-20(27(40)41)10-11-22(35)36/h2-9,14,19-21,23,32-34H,10-13,28H2,1H3,(H,29,38)(H,30,39)(H,31,37)(H,35,36)(H,40,41). The van der Waals surface area contributed by atoms with E-state index in [4.69, 9.17) is 10.8 Å². The van der Waals surface area contributed by atoms with E-state index < -0.39 is 72.8 Å². The summed E-state index contributed by atoms with van der Waals surface area (Å²) in [6.45, 7) is 1.23. The lowest BCUT2D eigenvalue weighted by Crippen LogP contribution is -2.60. The lowest BCUT2D eigenvalue weighted by molar-refractivity contribution is -0.143. The maximum atomic E-state index is 13.2. The van der Waals surface area contributed by atoms with E-state index in [1.807, 2.05) is 0 Å². The number of nitrogens with one attached hydrogen (secondary N) is 3. The lowest BCUT2D eigenvalue weighted by atomic mass is 10.0. The second kappa shape index (κ2) is 15.2. The summed E-state index contributed by atoms with van der Waals surface area (Å²) in [4.78, 5) is 61.5. The Morgan fingerprint density at radius 2 is 1.22 bits per heavy atom. The number of phenols is 2. The van der Waals surface area contributed by atoms with E-state index in [0.717, 1.165) is 0 Å². The molecule has 0 aromatic heterocycles. The molecular formula is C27H34N4O10. The number of benzene rings is 2. The molecule has 14 heteroatoms. The van der Waals surface area contributed by atoms with Gasteiger partial charge in [0.1, 0.15) is 29.6 Å². The van der Waals surface area contributed by atoms with Crippen LogP contribution in [0.3, 0.4) is 0 Å². The van der Waals surface area contributed by atoms with Crippen LogP contribution in [0.4, 0.5) is 0 Å². The third-order valence-corrected chi connectivity index (χ3v) is 6.06. The van der Waals surface area contributed by atoms with Crippen LogP contribution in [0.5, 0.6) is 11.5 Å². The lowest BCUT2D eigenvalue weighted by Gasteiger charge is -2.26. The number of aliphatic carboxylic acids is 2. The van der Waals surface area contributed by atoms with Crippen molar-refractivity contribution in [2.75, 3.05) is 0 Å². The van der Waals surface area contributed by atoms with Crippen LogP contribution in [-0.4, -0.2) is 85.5 Å². The molecule has 14 nitrogen and oxygen atoms in total. The van der Waals surface area contributed by atoms with Gasteiger partial charge >= 0.3 is 11.9 Å². The van der Waals surface area contributed by atoms with Crippen LogP contribution in [-0.2, 0) is 36.8 Å². The zero-order valence-electron chi connectivity index (χ0n) is 22.2. The zero-order chi connectivity index (χ0) is 30.7. The number of aliphatic hydroxyl groups excluding tert-OH is 1. The summed E-state index contributed by atoms with van der Waals surface area (Å²) < 4.78 is 0. The van der Waals surface area contributed by atoms with Gasteiger partial charge in [-0.1, -0.05) is 24.3 Å². The minimum Gasteiger partial charge on any atom is -0.508 e. The van der Waals surface area contributed by atoms with E-state index >= 15 is 0 Å². The monoisotopic (exact) mass is 574 g/mol. The number of rotatable bonds is 15. The Balaban J connectivity index is 2.20. The van der Waals surface area contributed by atoms with E-state index in [-0.39, 0.29) is 24.3 Å². The molecule has 2 aromatic rings. The summed E-state index contributed by atoms with van der Waals surface area (Å²) in [6.07, 6.45) is -2.50. The highest BCUT2D eigenvalue weighted by Crippen LogP contribution is 2.13. The molecule has 0 saturated carbocycles. The number of aromatic hydroxyl groups is 2. The van der Waals surface area contributed by atoms with Gasteiger partial charge in [-0.2, -0.15) is 0 Å². The van der Waals surface area contributed by atoms with Crippen LogP contribution in [0.2, 0.25) is 0 Å². The number of hydrogen-bond donors (Lipinski definition) is 9. The summed E-state index contributed by atoms with van der Waals surface area (Å²) in [7, 11) is 0. The molecule has 222 valence electrons. The molecule has 0 aliphatic carbocycles. The van der Waals surface area contributed by atoms with Gasteiger partial charge in [-0.25, -0.2) is 4.79 Å². The predicted molar refractivity (Wildman–Crippen MR) is 144 cm³/mol. The Kier molecular flexibility index (Phi) is 12.0. The van der Waals surface area contributed by atoms with E-state index in [1.165, 1.54) is 43.3 Å². The molecule has 2 aromatic carbocycles. The van der Waals surface area contributed by atoms with E-state index in [1.54, 1.807) is 12.1 Å². The number of nitrogens with two attached hydrogens (primary N) is 1. The first-order valence-corrected chi connectivity index (χ1v) is 12.6. The van der Waals surface area contributed by atoms with E-state index in [2.05, 4.69) is 16.0 Å². The number of phenolic OH excluding ortho intramolecular Hbond substituents is 2. The number of aliphatic hydroxyl groups is 1. The van der Waals surface area contributed by atoms with Gasteiger partial charge in [0, 0.05) is 12.8 Å². The van der Waals surface area contributed by atoms with E-state index in [9.17, 15) is 44.4 Å². The van der Waals surface area contributed by atoms with Gasteiger partial charge < -0.3 is 47.2 Å². The van der Waals surface area contributed by atoms with Crippen LogP contribution in [0.25, 0.3) is 0 Å². The highest BCUT2D eigenvalue weighted by molar-refractivity contribution is 5.94. The third kappa shape index (κ3) is 10.8. The number of carbonyl (C=O) groups excluding carboxylic acids is 3. The van der Waals surface area contributed by atoms with Crippen LogP contribution >= 0.6 is 0 Å². The van der Waals surface area contributed by atoms with Gasteiger partial charge in [0.15, 0.2) is 0 Å². The molecule has 2 rings (SSSR count). The van der Waals surface area contributed by atoms with Crippen LogP contribution in [0.15, 0.2) is 48.5 Å². The molecular weight excluding hydrogens is 540 g/mol. The van der Waals surface area contributed by atoms with Crippen molar-refractivity contribution in [3.05, 3.63) is 59.7 Å². The van der Waals surface area contributed by atoms with Gasteiger partial charge in [-0.05, 0) is 55.2 Å². The first kappa shape index (κ1) is 32.5. The minimum absolute atomic E-state index is 0.0278. The van der Waals surface area contributed by atoms with Crippen LogP contribution in [0, 0.1) is 0 Å². The summed E-state index contributed by atoms with van der Waals surface area (Å²) in [5.74, 6) is -5.48. The van der Waals surface area contributed by atoms with Gasteiger partial charge in [-0.15, -0.1) is 0 Å². The molecule has 0 aliphatic rings. The molecule has 0 spiro atoms. The molecule has 5 atom stereocenters. The van der Waals surface area contributed by atoms with Crippen molar-refractivity contribution in [2.24, 2.45) is 5.73 Å². The number of hydrogen-bond acceptors (Lipinski definition) is 9. The second-order valence-electron chi connectivity index (χ2n) is 9.47. The molecule has 41 heavy (non-hydrogen) atoms. The molecule has 0 aliphatic heterocycles. The molecule has 0 bridgehead atoms. The van der Waals surface area contributed by atoms with Crippen molar-refractivity contribution in [1.29, 1.82) is 0 Å². The highest BCUT2D eigenvalue weighted by atomic mass is 16.4. The van der Waals surface area contributed by atoms with Crippen molar-refractivity contribution in [3.63, 3.8) is 0 Å². The van der Waals surface area contributed by atoms with Crippen molar-refractivity contribution in [1.82, 2.24) is 16.0 Å². The predicted octanol–water partition coefficient (Wildman–Crippen LogP) is -1.01.